The van der Waals surface area contributed by atoms with Crippen LogP contribution in [0.3, 0.4) is 0 Å². The van der Waals surface area contributed by atoms with Gasteiger partial charge in [0.2, 0.25) is 0 Å². The first kappa shape index (κ1) is 24.5. The van der Waals surface area contributed by atoms with Gasteiger partial charge in [0.15, 0.2) is 6.10 Å². The number of benzene rings is 2. The van der Waals surface area contributed by atoms with Crippen molar-refractivity contribution in [1.29, 1.82) is 0 Å². The smallest absolute Gasteiger partial charge is 0.407 e. The number of hydrogen-bond donors (Lipinski definition) is 3. The fraction of sp³-hybridized carbons (Fsp3) is 0.370. The molecule has 1 saturated heterocycles. The van der Waals surface area contributed by atoms with Gasteiger partial charge in [-0.3, -0.25) is 4.79 Å². The highest BCUT2D eigenvalue weighted by Gasteiger charge is 2.37. The van der Waals surface area contributed by atoms with Crippen LogP contribution in [0.15, 0.2) is 60.2 Å². The zero-order valence-electron chi connectivity index (χ0n) is 19.8. The second kappa shape index (κ2) is 10.7. The van der Waals surface area contributed by atoms with Crippen molar-refractivity contribution < 1.29 is 29.0 Å². The van der Waals surface area contributed by atoms with Gasteiger partial charge in [0, 0.05) is 12.5 Å². The Morgan fingerprint density at radius 1 is 1.09 bits per heavy atom. The van der Waals surface area contributed by atoms with Crippen molar-refractivity contribution in [2.45, 2.75) is 50.8 Å². The van der Waals surface area contributed by atoms with Crippen LogP contribution >= 0.6 is 0 Å². The third-order valence-corrected chi connectivity index (χ3v) is 6.37. The van der Waals surface area contributed by atoms with Crippen molar-refractivity contribution in [3.05, 3.63) is 71.3 Å². The van der Waals surface area contributed by atoms with E-state index in [1.165, 1.54) is 0 Å². The maximum absolute atomic E-state index is 12.7. The molecule has 184 valence electrons. The lowest BCUT2D eigenvalue weighted by Crippen LogP contribution is -2.52. The molecular weight excluding hydrogens is 448 g/mol. The summed E-state index contributed by atoms with van der Waals surface area (Å²) >= 11 is 0. The third kappa shape index (κ3) is 5.54. The van der Waals surface area contributed by atoms with Crippen LogP contribution in [0.2, 0.25) is 0 Å². The van der Waals surface area contributed by atoms with Gasteiger partial charge in [0.25, 0.3) is 5.91 Å². The van der Waals surface area contributed by atoms with Gasteiger partial charge >= 0.3 is 12.1 Å². The van der Waals surface area contributed by atoms with Gasteiger partial charge in [0.1, 0.15) is 12.6 Å². The SMILES string of the molecule is CC(C)=CCC(NC(=O)[C@H]1OCC[C@H]1NC(=O)OCC1c2ccccc2-c2ccccc21)C(=O)O. The summed E-state index contributed by atoms with van der Waals surface area (Å²) in [6.07, 6.45) is 0.721. The van der Waals surface area contributed by atoms with Gasteiger partial charge in [-0.05, 0) is 48.9 Å². The number of carbonyl (C=O) groups excluding carboxylic acids is 2. The van der Waals surface area contributed by atoms with E-state index in [1.54, 1.807) is 6.08 Å². The Kier molecular flexibility index (Phi) is 7.51. The molecule has 1 heterocycles. The van der Waals surface area contributed by atoms with Gasteiger partial charge < -0.3 is 25.2 Å². The van der Waals surface area contributed by atoms with Crippen molar-refractivity contribution in [1.82, 2.24) is 10.6 Å². The summed E-state index contributed by atoms with van der Waals surface area (Å²) in [6.45, 7) is 4.15. The molecule has 2 aliphatic rings. The van der Waals surface area contributed by atoms with Gasteiger partial charge in [-0.25, -0.2) is 9.59 Å². The summed E-state index contributed by atoms with van der Waals surface area (Å²) in [5.74, 6) is -1.77. The maximum atomic E-state index is 12.7. The number of carbonyl (C=O) groups is 3. The van der Waals surface area contributed by atoms with Gasteiger partial charge in [-0.2, -0.15) is 0 Å². The average molecular weight is 479 g/mol. The van der Waals surface area contributed by atoms with E-state index in [0.717, 1.165) is 27.8 Å². The molecule has 1 aliphatic carbocycles. The maximum Gasteiger partial charge on any atom is 0.407 e. The summed E-state index contributed by atoms with van der Waals surface area (Å²) in [5, 5.41) is 14.7. The monoisotopic (exact) mass is 478 g/mol. The van der Waals surface area contributed by atoms with Gasteiger partial charge in [-0.1, -0.05) is 60.2 Å². The van der Waals surface area contributed by atoms with E-state index in [1.807, 2.05) is 50.2 Å². The number of rotatable bonds is 8. The van der Waals surface area contributed by atoms with Crippen LogP contribution in [-0.4, -0.2) is 54.5 Å². The minimum atomic E-state index is -1.13. The Labute approximate surface area is 204 Å². The summed E-state index contributed by atoms with van der Waals surface area (Å²) in [5.41, 5.74) is 5.45. The fourth-order valence-electron chi connectivity index (χ4n) is 4.62. The first-order valence-corrected chi connectivity index (χ1v) is 11.7. The number of hydrogen-bond acceptors (Lipinski definition) is 5. The second-order valence-corrected chi connectivity index (χ2v) is 9.07. The fourth-order valence-corrected chi connectivity index (χ4v) is 4.62. The predicted molar refractivity (Wildman–Crippen MR) is 130 cm³/mol. The number of ether oxygens (including phenoxy) is 2. The molecule has 2 aromatic rings. The molecule has 0 aromatic heterocycles. The minimum Gasteiger partial charge on any atom is -0.480 e. The van der Waals surface area contributed by atoms with E-state index in [0.29, 0.717) is 6.42 Å². The molecule has 3 N–H and O–H groups in total. The normalized spacial score (nSPS) is 19.3. The minimum absolute atomic E-state index is 0.0709. The van der Waals surface area contributed by atoms with Crippen molar-refractivity contribution in [2.75, 3.05) is 13.2 Å². The van der Waals surface area contributed by atoms with Gasteiger partial charge in [-0.15, -0.1) is 0 Å². The number of allylic oxidation sites excluding steroid dienone is 1. The first-order chi connectivity index (χ1) is 16.8. The molecule has 8 nitrogen and oxygen atoms in total. The Bertz CT molecular complexity index is 1090. The molecule has 2 amide bonds. The van der Waals surface area contributed by atoms with Crippen LogP contribution in [0.5, 0.6) is 0 Å². The molecule has 1 unspecified atom stereocenters. The quantitative estimate of drug-likeness (QED) is 0.500. The molecule has 8 heteroatoms. The number of aliphatic carboxylic acids is 1. The third-order valence-electron chi connectivity index (χ3n) is 6.37. The predicted octanol–water partition coefficient (Wildman–Crippen LogP) is 3.61. The molecule has 0 radical (unpaired) electrons. The Balaban J connectivity index is 1.35. The van der Waals surface area contributed by atoms with Crippen molar-refractivity contribution in [2.24, 2.45) is 0 Å². The molecule has 3 atom stereocenters. The topological polar surface area (TPSA) is 114 Å². The Hall–Kier alpha value is -3.65. The van der Waals surface area contributed by atoms with Crippen LogP contribution in [0.25, 0.3) is 11.1 Å². The molecule has 35 heavy (non-hydrogen) atoms. The molecular formula is C27H30N2O6. The Morgan fingerprint density at radius 3 is 2.31 bits per heavy atom. The van der Waals surface area contributed by atoms with Gasteiger partial charge in [0.05, 0.1) is 6.04 Å². The second-order valence-electron chi connectivity index (χ2n) is 9.07. The highest BCUT2D eigenvalue weighted by Crippen LogP contribution is 2.44. The summed E-state index contributed by atoms with van der Waals surface area (Å²) in [4.78, 5) is 36.9. The van der Waals surface area contributed by atoms with E-state index in [9.17, 15) is 19.5 Å². The highest BCUT2D eigenvalue weighted by atomic mass is 16.6. The summed E-state index contributed by atoms with van der Waals surface area (Å²) < 4.78 is 11.1. The van der Waals surface area contributed by atoms with E-state index in [2.05, 4.69) is 22.8 Å². The zero-order valence-corrected chi connectivity index (χ0v) is 19.8. The van der Waals surface area contributed by atoms with Crippen LogP contribution in [0.1, 0.15) is 43.7 Å². The molecule has 4 rings (SSSR count). The number of nitrogens with one attached hydrogen (secondary N) is 2. The molecule has 0 saturated carbocycles. The number of carboxylic acid groups (broad SMARTS) is 1. The molecule has 2 aromatic carbocycles. The average Bonchev–Trinajstić information content (AvgIpc) is 3.42. The lowest BCUT2D eigenvalue weighted by molar-refractivity contribution is -0.143. The first-order valence-electron chi connectivity index (χ1n) is 11.7. The van der Waals surface area contributed by atoms with Crippen molar-refractivity contribution in [3.63, 3.8) is 0 Å². The standard InChI is InChI=1S/C27H30N2O6/c1-16(2)11-12-23(26(31)32)28-25(30)24-22(13-14-34-24)29-27(33)35-15-21-19-9-5-3-7-17(19)18-8-4-6-10-20(18)21/h3-11,21-24H,12-15H2,1-2H3,(H,28,30)(H,29,33)(H,31,32)/t22-,23?,24+/m1/s1. The largest absolute Gasteiger partial charge is 0.480 e. The van der Waals surface area contributed by atoms with E-state index in [4.69, 9.17) is 9.47 Å². The van der Waals surface area contributed by atoms with Crippen molar-refractivity contribution >= 4 is 18.0 Å². The molecule has 1 fully saturated rings. The lowest BCUT2D eigenvalue weighted by atomic mass is 9.98. The molecule has 0 spiro atoms. The summed E-state index contributed by atoms with van der Waals surface area (Å²) in [6, 6.07) is 14.5. The van der Waals surface area contributed by atoms with Crippen molar-refractivity contribution in [3.8, 4) is 11.1 Å². The van der Waals surface area contributed by atoms with E-state index in [-0.39, 0.29) is 25.6 Å². The number of fused-ring (bicyclic) bond motifs is 3. The lowest BCUT2D eigenvalue weighted by Gasteiger charge is -2.22. The van der Waals surface area contributed by atoms with E-state index < -0.39 is 36.2 Å². The van der Waals surface area contributed by atoms with Crippen LogP contribution in [0, 0.1) is 0 Å². The Morgan fingerprint density at radius 2 is 1.71 bits per heavy atom. The van der Waals surface area contributed by atoms with E-state index >= 15 is 0 Å². The summed E-state index contributed by atoms with van der Waals surface area (Å²) in [7, 11) is 0. The van der Waals surface area contributed by atoms with Crippen LogP contribution < -0.4 is 10.6 Å². The zero-order chi connectivity index (χ0) is 24.9. The molecule has 0 bridgehead atoms. The number of alkyl carbamates (subject to hydrolysis) is 1. The number of carboxylic acids is 1. The highest BCUT2D eigenvalue weighted by molar-refractivity contribution is 5.87. The van der Waals surface area contributed by atoms with Crippen LogP contribution in [-0.2, 0) is 19.1 Å². The molecule has 1 aliphatic heterocycles. The van der Waals surface area contributed by atoms with Crippen LogP contribution in [0.4, 0.5) is 4.79 Å². The number of amides is 2.